The second-order valence-corrected chi connectivity index (χ2v) is 9.18. The predicted octanol–water partition coefficient (Wildman–Crippen LogP) is 3.56. The van der Waals surface area contributed by atoms with Crippen molar-refractivity contribution in [2.75, 3.05) is 19.0 Å². The Morgan fingerprint density at radius 3 is 2.59 bits per heavy atom. The van der Waals surface area contributed by atoms with Crippen LogP contribution in [0.3, 0.4) is 0 Å². The zero-order valence-electron chi connectivity index (χ0n) is 15.1. The van der Waals surface area contributed by atoms with E-state index in [1.165, 1.54) is 17.5 Å². The number of carbonyl (C=O) groups is 1. The number of nitrogens with one attached hydrogen (secondary N) is 1. The standard InChI is InChI=1S/C19H21BrN2O4S/c1-13-5-10-16(26-2)12-18(13)27(24,25)22-11-3-4-17(22)19(23)21-15-8-6-14(20)7-9-15/h5-10,12,17H,3-4,11H2,1-2H3,(H,21,23)/t17-/m1/s1. The van der Waals surface area contributed by atoms with Gasteiger partial charge in [0.25, 0.3) is 0 Å². The Morgan fingerprint density at radius 1 is 1.22 bits per heavy atom. The van der Waals surface area contributed by atoms with Gasteiger partial charge in [-0.1, -0.05) is 22.0 Å². The molecule has 0 unspecified atom stereocenters. The number of methoxy groups -OCH3 is 1. The summed E-state index contributed by atoms with van der Waals surface area (Å²) in [5.74, 6) is 0.146. The van der Waals surface area contributed by atoms with Crippen molar-refractivity contribution in [1.82, 2.24) is 4.31 Å². The van der Waals surface area contributed by atoms with Crippen LogP contribution in [0.1, 0.15) is 18.4 Å². The van der Waals surface area contributed by atoms with Crippen molar-refractivity contribution >= 4 is 37.5 Å². The summed E-state index contributed by atoms with van der Waals surface area (Å²) in [5, 5.41) is 2.81. The Labute approximate surface area is 167 Å². The van der Waals surface area contributed by atoms with Crippen molar-refractivity contribution in [3.63, 3.8) is 0 Å². The van der Waals surface area contributed by atoms with E-state index in [-0.39, 0.29) is 10.8 Å². The first-order valence-electron chi connectivity index (χ1n) is 8.56. The Bertz CT molecular complexity index is 945. The van der Waals surface area contributed by atoms with Crippen molar-refractivity contribution in [3.8, 4) is 5.75 Å². The fourth-order valence-corrected chi connectivity index (χ4v) is 5.32. The van der Waals surface area contributed by atoms with Gasteiger partial charge in [-0.2, -0.15) is 4.31 Å². The van der Waals surface area contributed by atoms with E-state index in [1.807, 2.05) is 12.1 Å². The Morgan fingerprint density at radius 2 is 1.93 bits per heavy atom. The first-order chi connectivity index (χ1) is 12.8. The average molecular weight is 453 g/mol. The quantitative estimate of drug-likeness (QED) is 0.752. The molecule has 0 bridgehead atoms. The Balaban J connectivity index is 1.86. The van der Waals surface area contributed by atoms with E-state index in [4.69, 9.17) is 4.74 Å². The summed E-state index contributed by atoms with van der Waals surface area (Å²) >= 11 is 3.35. The summed E-state index contributed by atoms with van der Waals surface area (Å²) in [4.78, 5) is 12.9. The molecule has 6 nitrogen and oxygen atoms in total. The molecule has 2 aromatic carbocycles. The summed E-state index contributed by atoms with van der Waals surface area (Å²) in [6.45, 7) is 2.05. The first-order valence-corrected chi connectivity index (χ1v) is 10.8. The highest BCUT2D eigenvalue weighted by atomic mass is 79.9. The molecule has 1 atom stereocenters. The molecule has 1 aliphatic rings. The van der Waals surface area contributed by atoms with Gasteiger partial charge >= 0.3 is 0 Å². The van der Waals surface area contributed by atoms with Crippen molar-refractivity contribution < 1.29 is 17.9 Å². The van der Waals surface area contributed by atoms with Crippen molar-refractivity contribution in [1.29, 1.82) is 0 Å². The van der Waals surface area contributed by atoms with E-state index >= 15 is 0 Å². The first kappa shape index (κ1) is 19.9. The number of aryl methyl sites for hydroxylation is 1. The highest BCUT2D eigenvalue weighted by molar-refractivity contribution is 9.10. The molecule has 27 heavy (non-hydrogen) atoms. The molecule has 3 rings (SSSR count). The number of sulfonamides is 1. The lowest BCUT2D eigenvalue weighted by Crippen LogP contribution is -2.43. The molecule has 1 fully saturated rings. The van der Waals surface area contributed by atoms with Gasteiger partial charge in [-0.05, 0) is 55.7 Å². The zero-order chi connectivity index (χ0) is 19.6. The smallest absolute Gasteiger partial charge is 0.244 e. The van der Waals surface area contributed by atoms with Gasteiger partial charge < -0.3 is 10.1 Å². The third-order valence-corrected chi connectivity index (χ3v) is 7.18. The van der Waals surface area contributed by atoms with Gasteiger partial charge in [0.2, 0.25) is 15.9 Å². The molecular weight excluding hydrogens is 432 g/mol. The minimum Gasteiger partial charge on any atom is -0.497 e. The van der Waals surface area contributed by atoms with Gasteiger partial charge in [-0.15, -0.1) is 0 Å². The molecule has 2 aromatic rings. The maximum absolute atomic E-state index is 13.2. The normalized spacial score (nSPS) is 17.7. The lowest BCUT2D eigenvalue weighted by molar-refractivity contribution is -0.119. The van der Waals surface area contributed by atoms with E-state index in [0.717, 1.165) is 4.47 Å². The van der Waals surface area contributed by atoms with Crippen LogP contribution in [0.25, 0.3) is 0 Å². The van der Waals surface area contributed by atoms with Gasteiger partial charge in [0, 0.05) is 22.8 Å². The molecule has 1 aliphatic heterocycles. The lowest BCUT2D eigenvalue weighted by atomic mass is 10.2. The van der Waals surface area contributed by atoms with Crippen molar-refractivity contribution in [2.24, 2.45) is 0 Å². The molecule has 0 saturated carbocycles. The number of rotatable bonds is 5. The summed E-state index contributed by atoms with van der Waals surface area (Å²) in [6.07, 6.45) is 1.13. The number of halogens is 1. The summed E-state index contributed by atoms with van der Waals surface area (Å²) in [7, 11) is -2.32. The van der Waals surface area contributed by atoms with E-state index in [0.29, 0.717) is 36.4 Å². The fraction of sp³-hybridized carbons (Fsp3) is 0.316. The summed E-state index contributed by atoms with van der Waals surface area (Å²) < 4.78 is 33.8. The third-order valence-electron chi connectivity index (χ3n) is 4.60. The van der Waals surface area contributed by atoms with Crippen LogP contribution in [0.15, 0.2) is 51.8 Å². The molecule has 1 heterocycles. The van der Waals surface area contributed by atoms with Crippen LogP contribution in [-0.2, 0) is 14.8 Å². The molecule has 1 N–H and O–H groups in total. The van der Waals surface area contributed by atoms with Gasteiger partial charge in [0.15, 0.2) is 0 Å². The van der Waals surface area contributed by atoms with E-state index < -0.39 is 16.1 Å². The van der Waals surface area contributed by atoms with Crippen LogP contribution < -0.4 is 10.1 Å². The molecule has 0 aliphatic carbocycles. The van der Waals surface area contributed by atoms with Crippen LogP contribution in [0.2, 0.25) is 0 Å². The maximum atomic E-state index is 13.2. The fourth-order valence-electron chi connectivity index (χ4n) is 3.16. The predicted molar refractivity (Wildman–Crippen MR) is 107 cm³/mol. The maximum Gasteiger partial charge on any atom is 0.244 e. The highest BCUT2D eigenvalue weighted by Gasteiger charge is 2.40. The van der Waals surface area contributed by atoms with Crippen molar-refractivity contribution in [2.45, 2.75) is 30.7 Å². The minimum atomic E-state index is -3.81. The highest BCUT2D eigenvalue weighted by Crippen LogP contribution is 2.30. The number of anilines is 1. The second kappa shape index (κ2) is 8.00. The van der Waals surface area contributed by atoms with E-state index in [2.05, 4.69) is 21.2 Å². The number of benzene rings is 2. The van der Waals surface area contributed by atoms with Gasteiger partial charge in [0.05, 0.1) is 12.0 Å². The van der Waals surface area contributed by atoms with Crippen LogP contribution in [0.5, 0.6) is 5.75 Å². The summed E-state index contributed by atoms with van der Waals surface area (Å²) in [5.41, 5.74) is 1.25. The van der Waals surface area contributed by atoms with E-state index in [9.17, 15) is 13.2 Å². The molecule has 0 spiro atoms. The monoisotopic (exact) mass is 452 g/mol. The Hall–Kier alpha value is -1.90. The molecule has 1 saturated heterocycles. The lowest BCUT2D eigenvalue weighted by Gasteiger charge is -2.24. The topological polar surface area (TPSA) is 75.7 Å². The molecule has 8 heteroatoms. The molecular formula is C19H21BrN2O4S. The zero-order valence-corrected chi connectivity index (χ0v) is 17.5. The van der Waals surface area contributed by atoms with Crippen LogP contribution in [0, 0.1) is 6.92 Å². The van der Waals surface area contributed by atoms with Gasteiger partial charge in [0.1, 0.15) is 11.8 Å². The minimum absolute atomic E-state index is 0.171. The number of hydrogen-bond acceptors (Lipinski definition) is 4. The van der Waals surface area contributed by atoms with Crippen LogP contribution in [-0.4, -0.2) is 38.3 Å². The Kier molecular flexibility index (Phi) is 5.88. The number of hydrogen-bond donors (Lipinski definition) is 1. The largest absolute Gasteiger partial charge is 0.497 e. The third kappa shape index (κ3) is 4.17. The number of nitrogens with zero attached hydrogens (tertiary/aromatic N) is 1. The SMILES string of the molecule is COc1ccc(C)c(S(=O)(=O)N2CCC[C@@H]2C(=O)Nc2ccc(Br)cc2)c1. The number of ether oxygens (including phenoxy) is 1. The number of amides is 1. The average Bonchev–Trinajstić information content (AvgIpc) is 3.15. The second-order valence-electron chi connectivity index (χ2n) is 6.40. The summed E-state index contributed by atoms with van der Waals surface area (Å²) in [6, 6.07) is 11.4. The van der Waals surface area contributed by atoms with Crippen LogP contribution in [0.4, 0.5) is 5.69 Å². The number of carbonyl (C=O) groups excluding carboxylic acids is 1. The molecule has 1 amide bonds. The van der Waals surface area contributed by atoms with Crippen LogP contribution >= 0.6 is 15.9 Å². The van der Waals surface area contributed by atoms with Crippen molar-refractivity contribution in [3.05, 3.63) is 52.5 Å². The molecule has 0 radical (unpaired) electrons. The van der Waals surface area contributed by atoms with E-state index in [1.54, 1.807) is 31.2 Å². The molecule has 0 aromatic heterocycles. The van der Waals surface area contributed by atoms with Gasteiger partial charge in [-0.25, -0.2) is 8.42 Å². The molecule has 144 valence electrons. The van der Waals surface area contributed by atoms with Gasteiger partial charge in [-0.3, -0.25) is 4.79 Å².